The molecule has 2 aromatic carbocycles. The molecule has 0 unspecified atom stereocenters. The fraction of sp³-hybridized carbons (Fsp3) is 0.182. The number of aryl methyl sites for hydroxylation is 1. The van der Waals surface area contributed by atoms with Gasteiger partial charge < -0.3 is 4.57 Å². The van der Waals surface area contributed by atoms with Crippen LogP contribution in [0.3, 0.4) is 0 Å². The number of carbonyl (C=O) groups is 1. The van der Waals surface area contributed by atoms with Crippen LogP contribution in [-0.2, 0) is 14.8 Å². The second-order valence-electron chi connectivity index (χ2n) is 7.30. The molecular weight excluding hydrogens is 507 g/mol. The zero-order valence-corrected chi connectivity index (χ0v) is 21.1. The third-order valence-electron chi connectivity index (χ3n) is 4.78. The van der Waals surface area contributed by atoms with E-state index in [1.807, 2.05) is 48.7 Å². The van der Waals surface area contributed by atoms with E-state index in [4.69, 9.17) is 34.8 Å². The Morgan fingerprint density at radius 2 is 1.73 bits per heavy atom. The van der Waals surface area contributed by atoms with Crippen LogP contribution in [0.4, 0.5) is 5.69 Å². The topological polar surface area (TPSA) is 83.8 Å². The van der Waals surface area contributed by atoms with Crippen molar-refractivity contribution >= 4 is 62.6 Å². The minimum atomic E-state index is -3.78. The Bertz CT molecular complexity index is 1320. The van der Waals surface area contributed by atoms with Crippen molar-refractivity contribution in [3.8, 4) is 5.69 Å². The maximum Gasteiger partial charge on any atom is 0.260 e. The number of hydrazone groups is 1. The Hall–Kier alpha value is -2.52. The van der Waals surface area contributed by atoms with E-state index in [0.717, 1.165) is 33.2 Å². The van der Waals surface area contributed by atoms with Crippen molar-refractivity contribution in [1.29, 1.82) is 0 Å². The number of aromatic nitrogens is 1. The molecule has 0 aliphatic carbocycles. The molecule has 0 bridgehead atoms. The Morgan fingerprint density at radius 1 is 1.09 bits per heavy atom. The molecule has 33 heavy (non-hydrogen) atoms. The van der Waals surface area contributed by atoms with Crippen molar-refractivity contribution in [1.82, 2.24) is 9.99 Å². The summed E-state index contributed by atoms with van der Waals surface area (Å²) in [7, 11) is -3.78. The van der Waals surface area contributed by atoms with Crippen LogP contribution < -0.4 is 9.73 Å². The van der Waals surface area contributed by atoms with Gasteiger partial charge in [0.15, 0.2) is 0 Å². The second-order valence-corrected chi connectivity index (χ2v) is 10.5. The minimum absolute atomic E-state index is 0.178. The number of amides is 1. The highest BCUT2D eigenvalue weighted by Crippen LogP contribution is 2.27. The maximum atomic E-state index is 12.4. The summed E-state index contributed by atoms with van der Waals surface area (Å²) < 4.78 is 27.4. The van der Waals surface area contributed by atoms with E-state index in [0.29, 0.717) is 5.02 Å². The molecule has 0 atom stereocenters. The number of sulfonamides is 1. The predicted molar refractivity (Wildman–Crippen MR) is 135 cm³/mol. The highest BCUT2D eigenvalue weighted by molar-refractivity contribution is 7.92. The molecule has 1 amide bonds. The maximum absolute atomic E-state index is 12.4. The number of hydrogen-bond donors (Lipinski definition) is 1. The number of rotatable bonds is 7. The summed E-state index contributed by atoms with van der Waals surface area (Å²) in [5.74, 6) is -0.632. The summed E-state index contributed by atoms with van der Waals surface area (Å²) >= 11 is 18.3. The van der Waals surface area contributed by atoms with E-state index in [-0.39, 0.29) is 15.7 Å². The SMILES string of the molecule is Cc1cc(/C=N\NC(=O)CN(c2cc(Cl)cc(Cl)c2)S(C)(=O)=O)c(C)n1-c1ccccc1Cl. The van der Waals surface area contributed by atoms with Crippen LogP contribution in [0.2, 0.25) is 15.1 Å². The third-order valence-corrected chi connectivity index (χ3v) is 6.68. The van der Waals surface area contributed by atoms with Crippen molar-refractivity contribution in [2.24, 2.45) is 5.10 Å². The smallest absolute Gasteiger partial charge is 0.260 e. The summed E-state index contributed by atoms with van der Waals surface area (Å²) in [6.07, 6.45) is 2.48. The molecule has 3 rings (SSSR count). The molecule has 0 fully saturated rings. The average Bonchev–Trinajstić information content (AvgIpc) is 2.98. The molecule has 0 aliphatic rings. The number of para-hydroxylation sites is 1. The van der Waals surface area contributed by atoms with Gasteiger partial charge in [0.2, 0.25) is 10.0 Å². The molecule has 1 N–H and O–H groups in total. The zero-order valence-electron chi connectivity index (χ0n) is 18.0. The van der Waals surface area contributed by atoms with Crippen LogP contribution in [0.25, 0.3) is 5.69 Å². The number of nitrogens with one attached hydrogen (secondary N) is 1. The summed E-state index contributed by atoms with van der Waals surface area (Å²) in [6, 6.07) is 13.7. The lowest BCUT2D eigenvalue weighted by atomic mass is 10.2. The molecule has 174 valence electrons. The van der Waals surface area contributed by atoms with E-state index in [1.165, 1.54) is 24.4 Å². The number of anilines is 1. The molecule has 1 heterocycles. The molecule has 11 heteroatoms. The standard InChI is InChI=1S/C22H21Cl3N4O3S/c1-14-8-16(15(2)29(14)21-7-5-4-6-20(21)25)12-26-27-22(30)13-28(33(3,31)32)19-10-17(23)9-18(24)11-19/h4-12H,13H2,1-3H3,(H,27,30)/b26-12-. The van der Waals surface area contributed by atoms with Crippen LogP contribution in [-0.4, -0.2) is 37.9 Å². The second kappa shape index (κ2) is 10.2. The first-order valence-electron chi connectivity index (χ1n) is 9.67. The Balaban J connectivity index is 1.77. The van der Waals surface area contributed by atoms with Gasteiger partial charge in [0.1, 0.15) is 6.54 Å². The Morgan fingerprint density at radius 3 is 2.33 bits per heavy atom. The highest BCUT2D eigenvalue weighted by Gasteiger charge is 2.21. The number of halogens is 3. The first-order chi connectivity index (χ1) is 15.5. The number of nitrogens with zero attached hydrogens (tertiary/aromatic N) is 3. The largest absolute Gasteiger partial charge is 0.316 e. The Labute approximate surface area is 207 Å². The third kappa shape index (κ3) is 6.09. The number of carbonyl (C=O) groups excluding carboxylic acids is 1. The molecule has 7 nitrogen and oxygen atoms in total. The van der Waals surface area contributed by atoms with Gasteiger partial charge in [0.25, 0.3) is 5.91 Å². The zero-order chi connectivity index (χ0) is 24.3. The quantitative estimate of drug-likeness (QED) is 0.348. The molecule has 0 saturated carbocycles. The normalized spacial score (nSPS) is 11.7. The minimum Gasteiger partial charge on any atom is -0.316 e. The molecule has 3 aromatic rings. The fourth-order valence-electron chi connectivity index (χ4n) is 3.34. The van der Waals surface area contributed by atoms with Gasteiger partial charge in [-0.25, -0.2) is 13.8 Å². The van der Waals surface area contributed by atoms with E-state index < -0.39 is 22.5 Å². The van der Waals surface area contributed by atoms with E-state index in [1.54, 1.807) is 0 Å². The first kappa shape index (κ1) is 25.1. The summed E-state index contributed by atoms with van der Waals surface area (Å²) in [5, 5.41) is 5.10. The lowest BCUT2D eigenvalue weighted by Gasteiger charge is -2.21. The van der Waals surface area contributed by atoms with Gasteiger partial charge in [0.05, 0.1) is 28.9 Å². The predicted octanol–water partition coefficient (Wildman–Crippen LogP) is 4.97. The van der Waals surface area contributed by atoms with E-state index >= 15 is 0 Å². The van der Waals surface area contributed by atoms with Gasteiger partial charge in [-0.3, -0.25) is 9.10 Å². The fourth-order valence-corrected chi connectivity index (χ4v) is 4.92. The lowest BCUT2D eigenvalue weighted by Crippen LogP contribution is -2.39. The summed E-state index contributed by atoms with van der Waals surface area (Å²) in [6.45, 7) is 3.35. The molecule has 0 radical (unpaired) electrons. The van der Waals surface area contributed by atoms with Crippen molar-refractivity contribution in [2.75, 3.05) is 17.1 Å². The van der Waals surface area contributed by atoms with E-state index in [9.17, 15) is 13.2 Å². The molecule has 0 aliphatic heterocycles. The van der Waals surface area contributed by atoms with Crippen LogP contribution >= 0.6 is 34.8 Å². The van der Waals surface area contributed by atoms with Gasteiger partial charge in [-0.15, -0.1) is 0 Å². The number of hydrogen-bond acceptors (Lipinski definition) is 4. The van der Waals surface area contributed by atoms with Crippen molar-refractivity contribution in [3.05, 3.63) is 80.6 Å². The van der Waals surface area contributed by atoms with Crippen LogP contribution in [0.1, 0.15) is 17.0 Å². The van der Waals surface area contributed by atoms with Gasteiger partial charge in [0, 0.05) is 27.0 Å². The van der Waals surface area contributed by atoms with Gasteiger partial charge in [-0.2, -0.15) is 5.10 Å². The van der Waals surface area contributed by atoms with Crippen molar-refractivity contribution in [3.63, 3.8) is 0 Å². The van der Waals surface area contributed by atoms with Crippen molar-refractivity contribution < 1.29 is 13.2 Å². The average molecular weight is 528 g/mol. The highest BCUT2D eigenvalue weighted by atomic mass is 35.5. The first-order valence-corrected chi connectivity index (χ1v) is 12.6. The lowest BCUT2D eigenvalue weighted by molar-refractivity contribution is -0.119. The number of benzene rings is 2. The van der Waals surface area contributed by atoms with Gasteiger partial charge in [-0.05, 0) is 50.2 Å². The summed E-state index contributed by atoms with van der Waals surface area (Å²) in [5.41, 5.74) is 5.97. The van der Waals surface area contributed by atoms with Crippen LogP contribution in [0.5, 0.6) is 0 Å². The molecule has 1 aromatic heterocycles. The van der Waals surface area contributed by atoms with Crippen LogP contribution in [0, 0.1) is 13.8 Å². The molecule has 0 saturated heterocycles. The van der Waals surface area contributed by atoms with Gasteiger partial charge in [-0.1, -0.05) is 46.9 Å². The van der Waals surface area contributed by atoms with Crippen LogP contribution in [0.15, 0.2) is 53.6 Å². The molecule has 0 spiro atoms. The van der Waals surface area contributed by atoms with Gasteiger partial charge >= 0.3 is 0 Å². The monoisotopic (exact) mass is 526 g/mol. The van der Waals surface area contributed by atoms with E-state index in [2.05, 4.69) is 10.5 Å². The molecular formula is C22H21Cl3N4O3S. The summed E-state index contributed by atoms with van der Waals surface area (Å²) in [4.78, 5) is 12.4. The van der Waals surface area contributed by atoms with Crippen molar-refractivity contribution in [2.45, 2.75) is 13.8 Å². The Kier molecular flexibility index (Phi) is 7.74.